The molecule has 1 rings (SSSR count). The van der Waals surface area contributed by atoms with Crippen LogP contribution in [0.5, 0.6) is 0 Å². The molecular weight excluding hydrogens is 339 g/mol. The summed E-state index contributed by atoms with van der Waals surface area (Å²) in [5, 5.41) is 20.7. The summed E-state index contributed by atoms with van der Waals surface area (Å²) >= 11 is 0. The molecule has 0 saturated heterocycles. The molecule has 2 atom stereocenters. The predicted molar refractivity (Wildman–Crippen MR) is 87.3 cm³/mol. The molecule has 1 aromatic rings. The summed E-state index contributed by atoms with van der Waals surface area (Å²) in [6.07, 6.45) is 0. The van der Waals surface area contributed by atoms with Crippen LogP contribution >= 0.6 is 7.60 Å². The molecule has 0 aliphatic carbocycles. The van der Waals surface area contributed by atoms with Gasteiger partial charge in [-0.05, 0) is 19.4 Å². The Balaban J connectivity index is 3.57. The fourth-order valence-corrected chi connectivity index (χ4v) is 4.57. The molecule has 1 aromatic carbocycles. The lowest BCUT2D eigenvalue weighted by Gasteiger charge is -2.33. The van der Waals surface area contributed by atoms with Crippen molar-refractivity contribution in [2.24, 2.45) is 0 Å². The molecule has 0 aliphatic heterocycles. The smallest absolute Gasteiger partial charge is 0.304 e. The van der Waals surface area contributed by atoms with E-state index in [0.29, 0.717) is 5.56 Å². The Morgan fingerprint density at radius 2 is 1.62 bits per heavy atom. The molecule has 0 saturated carbocycles. The van der Waals surface area contributed by atoms with Gasteiger partial charge < -0.3 is 9.05 Å². The summed E-state index contributed by atoms with van der Waals surface area (Å²) in [6.45, 7) is 3.20. The van der Waals surface area contributed by atoms with Crippen molar-refractivity contribution in [2.45, 2.75) is 32.0 Å². The molecule has 9 nitrogen and oxygen atoms in total. The fraction of sp³-hybridized carbons (Fsp3) is 0.571. The highest BCUT2D eigenvalue weighted by Gasteiger charge is 2.65. The van der Waals surface area contributed by atoms with Gasteiger partial charge in [-0.2, -0.15) is 0 Å². The van der Waals surface area contributed by atoms with Crippen molar-refractivity contribution < 1.29 is 23.5 Å². The summed E-state index contributed by atoms with van der Waals surface area (Å²) in [6, 6.07) is 7.95. The summed E-state index contributed by atoms with van der Waals surface area (Å²) in [7, 11) is -4.28. The lowest BCUT2D eigenvalue weighted by Crippen LogP contribution is -2.45. The van der Waals surface area contributed by atoms with Gasteiger partial charge in [0.1, 0.15) is 5.92 Å². The average molecular weight is 360 g/mol. The average Bonchev–Trinajstić information content (AvgIpc) is 2.52. The zero-order valence-corrected chi connectivity index (χ0v) is 14.7. The van der Waals surface area contributed by atoms with Crippen molar-refractivity contribution in [3.8, 4) is 0 Å². The maximum atomic E-state index is 13.2. The monoisotopic (exact) mass is 360 g/mol. The van der Waals surface area contributed by atoms with Gasteiger partial charge in [0.25, 0.3) is 0 Å². The highest BCUT2D eigenvalue weighted by Crippen LogP contribution is 2.64. The van der Waals surface area contributed by atoms with Crippen molar-refractivity contribution in [3.63, 3.8) is 0 Å². The maximum absolute atomic E-state index is 13.2. The SMILES string of the molecule is CCOP(=O)(OCC)[C@@](C)([C@@H](C[N+](=O)[O-])c1ccccc1)[N+](=O)[O-]. The number of nitrogens with zero attached hydrogens (tertiary/aromatic N) is 2. The van der Waals surface area contributed by atoms with Gasteiger partial charge >= 0.3 is 12.9 Å². The lowest BCUT2D eigenvalue weighted by atomic mass is 9.92. The fourth-order valence-electron chi connectivity index (χ4n) is 2.49. The molecule has 0 heterocycles. The van der Waals surface area contributed by atoms with Crippen molar-refractivity contribution in [3.05, 3.63) is 56.1 Å². The van der Waals surface area contributed by atoms with Crippen molar-refractivity contribution in [1.29, 1.82) is 0 Å². The van der Waals surface area contributed by atoms with Crippen LogP contribution in [-0.2, 0) is 13.6 Å². The van der Waals surface area contributed by atoms with Gasteiger partial charge in [-0.3, -0.25) is 24.8 Å². The second kappa shape index (κ2) is 8.32. The summed E-state index contributed by atoms with van der Waals surface area (Å²) < 4.78 is 23.5. The first-order valence-electron chi connectivity index (χ1n) is 7.43. The Hall–Kier alpha value is -1.83. The Morgan fingerprint density at radius 1 is 1.12 bits per heavy atom. The standard InChI is InChI=1S/C14H21N2O7P/c1-4-22-24(21,23-5-2)14(3,16(19)20)13(11-15(17)18)12-9-7-6-8-10-12/h6-10,13H,4-5,11H2,1-3H3/t13-,14-/m0/s1. The molecule has 0 aromatic heterocycles. The first kappa shape index (κ1) is 20.2. The number of nitro groups is 2. The van der Waals surface area contributed by atoms with Gasteiger partial charge in [0.15, 0.2) is 0 Å². The van der Waals surface area contributed by atoms with E-state index in [2.05, 4.69) is 0 Å². The van der Waals surface area contributed by atoms with Gasteiger partial charge in [0.05, 0.1) is 13.2 Å². The number of benzene rings is 1. The third-order valence-corrected chi connectivity index (χ3v) is 6.50. The number of hydrogen-bond donors (Lipinski definition) is 0. The van der Waals surface area contributed by atoms with Crippen LogP contribution in [0.3, 0.4) is 0 Å². The molecule has 0 unspecified atom stereocenters. The molecule has 0 spiro atoms. The molecule has 0 bridgehead atoms. The van der Waals surface area contributed by atoms with Crippen LogP contribution in [0.2, 0.25) is 0 Å². The van der Waals surface area contributed by atoms with Gasteiger partial charge in [-0.1, -0.05) is 30.3 Å². The zero-order chi connectivity index (χ0) is 18.4. The van der Waals surface area contributed by atoms with Crippen LogP contribution in [-0.4, -0.2) is 34.9 Å². The van der Waals surface area contributed by atoms with E-state index in [4.69, 9.17) is 9.05 Å². The minimum Gasteiger partial charge on any atom is -0.304 e. The van der Waals surface area contributed by atoms with E-state index < -0.39 is 35.2 Å². The third-order valence-electron chi connectivity index (χ3n) is 3.72. The predicted octanol–water partition coefficient (Wildman–Crippen LogP) is 3.31. The molecule has 0 fully saturated rings. The van der Waals surface area contributed by atoms with E-state index in [-0.39, 0.29) is 13.2 Å². The van der Waals surface area contributed by atoms with Crippen LogP contribution in [0.25, 0.3) is 0 Å². The molecule has 0 aliphatic rings. The lowest BCUT2D eigenvalue weighted by molar-refractivity contribution is -0.562. The first-order chi connectivity index (χ1) is 11.2. The molecule has 134 valence electrons. The maximum Gasteiger partial charge on any atom is 0.407 e. The Kier molecular flexibility index (Phi) is 7.01. The molecule has 24 heavy (non-hydrogen) atoms. The van der Waals surface area contributed by atoms with Gasteiger partial charge in [0.2, 0.25) is 6.54 Å². The Morgan fingerprint density at radius 3 is 2.00 bits per heavy atom. The number of hydrogen-bond acceptors (Lipinski definition) is 7. The molecule has 10 heteroatoms. The van der Waals surface area contributed by atoms with Crippen molar-refractivity contribution >= 4 is 7.60 Å². The molecule has 0 amide bonds. The van der Waals surface area contributed by atoms with E-state index in [1.165, 1.54) is 26.0 Å². The zero-order valence-electron chi connectivity index (χ0n) is 13.8. The molecule has 0 radical (unpaired) electrons. The highest BCUT2D eigenvalue weighted by atomic mass is 31.2. The quantitative estimate of drug-likeness (QED) is 0.356. The normalized spacial score (nSPS) is 15.5. The van der Waals surface area contributed by atoms with E-state index >= 15 is 0 Å². The van der Waals surface area contributed by atoms with E-state index in [1.54, 1.807) is 18.2 Å². The topological polar surface area (TPSA) is 122 Å². The molecular formula is C14H21N2O7P. The number of rotatable bonds is 10. The van der Waals surface area contributed by atoms with E-state index in [0.717, 1.165) is 6.92 Å². The summed E-state index contributed by atoms with van der Waals surface area (Å²) in [5.74, 6) is -1.28. The Bertz CT molecular complexity index is 615. The summed E-state index contributed by atoms with van der Waals surface area (Å²) in [5.41, 5.74) is 0.327. The van der Waals surface area contributed by atoms with Crippen LogP contribution < -0.4 is 0 Å². The van der Waals surface area contributed by atoms with Crippen LogP contribution in [0.15, 0.2) is 30.3 Å². The van der Waals surface area contributed by atoms with Crippen LogP contribution in [0, 0.1) is 20.2 Å². The third kappa shape index (κ3) is 3.98. The second-order valence-corrected chi connectivity index (χ2v) is 7.58. The van der Waals surface area contributed by atoms with Gasteiger partial charge in [-0.15, -0.1) is 0 Å². The Labute approximate surface area is 139 Å². The van der Waals surface area contributed by atoms with Crippen molar-refractivity contribution in [1.82, 2.24) is 0 Å². The minimum absolute atomic E-state index is 0.0827. The summed E-state index contributed by atoms with van der Waals surface area (Å²) in [4.78, 5) is 21.5. The second-order valence-electron chi connectivity index (χ2n) is 5.16. The minimum atomic E-state index is -4.28. The van der Waals surface area contributed by atoms with E-state index in [9.17, 15) is 24.8 Å². The van der Waals surface area contributed by atoms with E-state index in [1.807, 2.05) is 0 Å². The van der Waals surface area contributed by atoms with Crippen LogP contribution in [0.4, 0.5) is 0 Å². The van der Waals surface area contributed by atoms with Crippen molar-refractivity contribution in [2.75, 3.05) is 19.8 Å². The largest absolute Gasteiger partial charge is 0.407 e. The van der Waals surface area contributed by atoms with Gasteiger partial charge in [0, 0.05) is 16.8 Å². The first-order valence-corrected chi connectivity index (χ1v) is 8.97. The highest BCUT2D eigenvalue weighted by molar-refractivity contribution is 7.55. The molecule has 0 N–H and O–H groups in total. The van der Waals surface area contributed by atoms with Crippen LogP contribution in [0.1, 0.15) is 32.3 Å². The van der Waals surface area contributed by atoms with Gasteiger partial charge in [-0.25, -0.2) is 0 Å².